The van der Waals surface area contributed by atoms with Gasteiger partial charge in [0.2, 0.25) is 0 Å². The number of hydrogen-bond donors (Lipinski definition) is 1. The zero-order chi connectivity index (χ0) is 11.5. The van der Waals surface area contributed by atoms with Crippen molar-refractivity contribution in [2.75, 3.05) is 20.6 Å². The minimum absolute atomic E-state index is 0.222. The van der Waals surface area contributed by atoms with E-state index in [1.807, 2.05) is 26.2 Å². The molecule has 0 aliphatic carbocycles. The van der Waals surface area contributed by atoms with Crippen LogP contribution in [0.4, 0.5) is 5.69 Å². The number of hydrogen-bond acceptors (Lipinski definition) is 1. The van der Waals surface area contributed by atoms with Crippen LogP contribution in [-0.2, 0) is 0 Å². The van der Waals surface area contributed by atoms with Crippen LogP contribution < -0.4 is 4.48 Å². The van der Waals surface area contributed by atoms with E-state index in [-0.39, 0.29) is 11.8 Å². The summed E-state index contributed by atoms with van der Waals surface area (Å²) in [6, 6.07) is 7.31. The maximum absolute atomic E-state index is 9.69. The molecular weight excluding hydrogens is 162 g/mol. The largest absolute Gasteiger partial charge is 0.503 e. The first kappa shape index (κ1) is 7.15. The van der Waals surface area contributed by atoms with Gasteiger partial charge in [0.15, 0.2) is 11.4 Å². The van der Waals surface area contributed by atoms with Crippen molar-refractivity contribution in [3.05, 3.63) is 36.9 Å². The molecule has 1 aromatic carbocycles. The molecule has 0 spiro atoms. The van der Waals surface area contributed by atoms with Gasteiger partial charge < -0.3 is 5.11 Å². The second-order valence-electron chi connectivity index (χ2n) is 3.54. The van der Waals surface area contributed by atoms with Crippen LogP contribution in [0, 0.1) is 0 Å². The standard InChI is InChI=1S/C11H15NO/c1-4-9-12(2,3)10-7-5-6-8-11(10)13/h4-8H,1,9H2,2-3H3/p+1/i1D,4D. The number of likely N-dealkylation sites (N-methyl/N-ethyl adjacent to an activating group) is 1. The highest BCUT2D eigenvalue weighted by Gasteiger charge is 2.20. The lowest BCUT2D eigenvalue weighted by atomic mass is 10.2. The number of aromatic hydroxyl groups is 1. The van der Waals surface area contributed by atoms with Gasteiger partial charge in [-0.15, -0.1) is 0 Å². The van der Waals surface area contributed by atoms with Gasteiger partial charge in [-0.1, -0.05) is 18.7 Å². The fraction of sp³-hybridized carbons (Fsp3) is 0.273. The Bertz CT molecular complexity index is 375. The molecule has 0 aliphatic heterocycles. The van der Waals surface area contributed by atoms with Crippen LogP contribution in [0.25, 0.3) is 0 Å². The first-order valence-corrected chi connectivity index (χ1v) is 4.13. The molecule has 0 heterocycles. The topological polar surface area (TPSA) is 20.2 Å². The molecule has 0 bridgehead atoms. The van der Waals surface area contributed by atoms with Crippen LogP contribution in [0.2, 0.25) is 0 Å². The highest BCUT2D eigenvalue weighted by molar-refractivity contribution is 5.54. The Morgan fingerprint density at radius 3 is 2.92 bits per heavy atom. The quantitative estimate of drug-likeness (QED) is 0.558. The number of nitrogens with zero attached hydrogens (tertiary/aromatic N) is 1. The first-order chi connectivity index (χ1) is 6.97. The predicted octanol–water partition coefficient (Wildman–Crippen LogP) is 2.15. The van der Waals surface area contributed by atoms with Gasteiger partial charge in [-0.2, -0.15) is 0 Å². The van der Waals surface area contributed by atoms with E-state index in [1.54, 1.807) is 12.1 Å². The zero-order valence-corrected chi connectivity index (χ0v) is 7.99. The molecule has 0 radical (unpaired) electrons. The summed E-state index contributed by atoms with van der Waals surface area (Å²) in [7, 11) is 3.79. The molecule has 2 heteroatoms. The lowest BCUT2D eigenvalue weighted by Crippen LogP contribution is -2.40. The Hall–Kier alpha value is -1.28. The van der Waals surface area contributed by atoms with Gasteiger partial charge >= 0.3 is 0 Å². The number of phenols is 1. The van der Waals surface area contributed by atoms with E-state index in [9.17, 15) is 5.11 Å². The molecule has 0 aromatic heterocycles. The maximum atomic E-state index is 9.69. The third-order valence-corrected chi connectivity index (χ3v) is 2.02. The van der Waals surface area contributed by atoms with E-state index >= 15 is 0 Å². The molecule has 0 aliphatic rings. The first-order valence-electron chi connectivity index (χ1n) is 5.20. The molecule has 1 N–H and O–H groups in total. The van der Waals surface area contributed by atoms with Crippen molar-refractivity contribution in [2.45, 2.75) is 0 Å². The molecule has 0 unspecified atom stereocenters. The normalized spacial score (nSPS) is 15.1. The lowest BCUT2D eigenvalue weighted by Gasteiger charge is -2.28. The summed E-state index contributed by atoms with van der Waals surface area (Å²) in [6.07, 6.45) is 0. The van der Waals surface area contributed by atoms with Crippen LogP contribution in [0.15, 0.2) is 36.9 Å². The van der Waals surface area contributed by atoms with Crippen LogP contribution in [0.3, 0.4) is 0 Å². The lowest BCUT2D eigenvalue weighted by molar-refractivity contribution is 0.403. The van der Waals surface area contributed by atoms with Crippen molar-refractivity contribution in [2.24, 2.45) is 0 Å². The van der Waals surface area contributed by atoms with Gasteiger partial charge in [0.25, 0.3) is 0 Å². The van der Waals surface area contributed by atoms with Gasteiger partial charge in [-0.25, -0.2) is 0 Å². The molecular formula is C11H16NO+. The summed E-state index contributed by atoms with van der Waals surface area (Å²) < 4.78 is 14.8. The van der Waals surface area contributed by atoms with E-state index in [1.165, 1.54) is 0 Å². The van der Waals surface area contributed by atoms with Crippen molar-refractivity contribution >= 4 is 5.69 Å². The Balaban J connectivity index is 3.00. The van der Waals surface area contributed by atoms with E-state index in [4.69, 9.17) is 2.74 Å². The molecule has 13 heavy (non-hydrogen) atoms. The third-order valence-electron chi connectivity index (χ3n) is 2.02. The number of para-hydroxylation sites is 2. The van der Waals surface area contributed by atoms with Crippen LogP contribution in [0.5, 0.6) is 5.75 Å². The van der Waals surface area contributed by atoms with E-state index in [0.29, 0.717) is 11.0 Å². The minimum Gasteiger partial charge on any atom is -0.503 e. The monoisotopic (exact) mass is 180 g/mol. The molecule has 0 atom stereocenters. The molecule has 0 saturated heterocycles. The molecule has 0 saturated carbocycles. The van der Waals surface area contributed by atoms with Crippen LogP contribution in [0.1, 0.15) is 2.74 Å². The minimum atomic E-state index is 0.222. The van der Waals surface area contributed by atoms with E-state index in [0.717, 1.165) is 12.2 Å². The molecule has 2 nitrogen and oxygen atoms in total. The Labute approximate surface area is 82.1 Å². The summed E-state index contributed by atoms with van der Waals surface area (Å²) in [5, 5.41) is 9.69. The fourth-order valence-electron chi connectivity index (χ4n) is 1.29. The Morgan fingerprint density at radius 1 is 1.62 bits per heavy atom. The second-order valence-corrected chi connectivity index (χ2v) is 3.54. The summed E-state index contributed by atoms with van der Waals surface area (Å²) in [4.78, 5) is 0. The van der Waals surface area contributed by atoms with E-state index in [2.05, 4.69) is 0 Å². The zero-order valence-electron chi connectivity index (χ0n) is 9.99. The van der Waals surface area contributed by atoms with Crippen molar-refractivity contribution in [3.63, 3.8) is 0 Å². The Morgan fingerprint density at radius 2 is 2.31 bits per heavy atom. The molecule has 0 amide bonds. The average molecular weight is 180 g/mol. The summed E-state index contributed by atoms with van der Waals surface area (Å²) >= 11 is 0. The van der Waals surface area contributed by atoms with Gasteiger partial charge in [0, 0.05) is 6.07 Å². The SMILES string of the molecule is [2H]C=C([2H])C[N+](C)(C)c1ccccc1O. The summed E-state index contributed by atoms with van der Waals surface area (Å²) in [5.74, 6) is 0.222. The summed E-state index contributed by atoms with van der Waals surface area (Å²) in [5.41, 5.74) is 0.754. The van der Waals surface area contributed by atoms with Crippen molar-refractivity contribution in [1.82, 2.24) is 4.48 Å². The number of phenolic OH excluding ortho intramolecular Hbond substituents is 1. The van der Waals surface area contributed by atoms with Gasteiger partial charge in [-0.05, 0) is 12.1 Å². The summed E-state index contributed by atoms with van der Waals surface area (Å²) in [6.45, 7) is 1.42. The molecule has 70 valence electrons. The van der Waals surface area contributed by atoms with Gasteiger partial charge in [-0.3, -0.25) is 4.48 Å². The molecule has 1 aromatic rings. The number of benzene rings is 1. The maximum Gasteiger partial charge on any atom is 0.177 e. The van der Waals surface area contributed by atoms with Crippen molar-refractivity contribution in [1.29, 1.82) is 0 Å². The highest BCUT2D eigenvalue weighted by atomic mass is 16.3. The van der Waals surface area contributed by atoms with Gasteiger partial charge in [0.05, 0.1) is 16.8 Å². The molecule has 0 fully saturated rings. The molecule has 1 rings (SSSR count). The van der Waals surface area contributed by atoms with Crippen LogP contribution >= 0.6 is 0 Å². The number of rotatable bonds is 3. The van der Waals surface area contributed by atoms with Crippen LogP contribution in [-0.4, -0.2) is 25.7 Å². The predicted molar refractivity (Wildman–Crippen MR) is 56.8 cm³/mol. The number of quaternary nitrogens is 1. The smallest absolute Gasteiger partial charge is 0.177 e. The van der Waals surface area contributed by atoms with Crippen molar-refractivity contribution in [3.8, 4) is 5.75 Å². The Kier molecular flexibility index (Phi) is 1.99. The van der Waals surface area contributed by atoms with Crippen molar-refractivity contribution < 1.29 is 7.85 Å². The van der Waals surface area contributed by atoms with E-state index < -0.39 is 0 Å². The fourth-order valence-corrected chi connectivity index (χ4v) is 1.29. The van der Waals surface area contributed by atoms with Gasteiger partial charge in [0.1, 0.15) is 6.54 Å². The third kappa shape index (κ3) is 2.10. The average Bonchev–Trinajstić information content (AvgIpc) is 2.17. The highest BCUT2D eigenvalue weighted by Crippen LogP contribution is 2.29. The second kappa shape index (κ2) is 3.62.